The first-order valence-electron chi connectivity index (χ1n) is 4.00. The first-order chi connectivity index (χ1) is 6.29. The molecule has 0 aliphatic heterocycles. The van der Waals surface area contributed by atoms with Crippen molar-refractivity contribution in [1.82, 2.24) is 0 Å². The van der Waals surface area contributed by atoms with Crippen LogP contribution >= 0.6 is 0 Å². The zero-order chi connectivity index (χ0) is 9.73. The minimum absolute atomic E-state index is 0.975. The van der Waals surface area contributed by atoms with E-state index in [1.54, 1.807) is 21.3 Å². The van der Waals surface area contributed by atoms with Gasteiger partial charge in [-0.15, -0.1) is 0 Å². The summed E-state index contributed by atoms with van der Waals surface area (Å²) in [5, 5.41) is 0.975. The van der Waals surface area contributed by atoms with Crippen molar-refractivity contribution < 1.29 is 13.3 Å². The van der Waals surface area contributed by atoms with Crippen molar-refractivity contribution in [2.75, 3.05) is 21.3 Å². The third kappa shape index (κ3) is 1.97. The van der Waals surface area contributed by atoms with Gasteiger partial charge in [0.05, 0.1) is 0 Å². The molecular weight excluding hydrogens is 184 g/mol. The predicted molar refractivity (Wildman–Crippen MR) is 52.9 cm³/mol. The fraction of sp³-hybridized carbons (Fsp3) is 0.333. The molecule has 1 aromatic rings. The Morgan fingerprint density at radius 2 is 1.31 bits per heavy atom. The molecule has 1 rings (SSSR count). The van der Waals surface area contributed by atoms with Crippen LogP contribution in [0.25, 0.3) is 0 Å². The van der Waals surface area contributed by atoms with E-state index in [0.717, 1.165) is 5.19 Å². The van der Waals surface area contributed by atoms with Crippen molar-refractivity contribution in [2.24, 2.45) is 0 Å². The predicted octanol–water partition coefficient (Wildman–Crippen LogP) is 0.772. The molecule has 0 atom stereocenters. The van der Waals surface area contributed by atoms with Gasteiger partial charge in [-0.3, -0.25) is 0 Å². The Labute approximate surface area is 79.6 Å². The third-order valence-electron chi connectivity index (χ3n) is 1.93. The fourth-order valence-electron chi connectivity index (χ4n) is 1.25. The van der Waals surface area contributed by atoms with E-state index in [4.69, 9.17) is 13.3 Å². The molecule has 4 heteroatoms. The van der Waals surface area contributed by atoms with Gasteiger partial charge in [0.2, 0.25) is 0 Å². The van der Waals surface area contributed by atoms with E-state index in [2.05, 4.69) is 0 Å². The maximum atomic E-state index is 5.32. The summed E-state index contributed by atoms with van der Waals surface area (Å²) in [7, 11) is 2.22. The van der Waals surface area contributed by atoms with Crippen molar-refractivity contribution in [1.29, 1.82) is 0 Å². The zero-order valence-corrected chi connectivity index (χ0v) is 9.11. The average molecular weight is 198 g/mol. The standard InChI is InChI=1S/C9H14O3Si/c1-10-13(11-2,12-3)9-7-5-4-6-8-9/h4-8H,1-3H3. The smallest absolute Gasteiger partial charge is 0.373 e. The summed E-state index contributed by atoms with van der Waals surface area (Å²) in [6, 6.07) is 9.72. The summed E-state index contributed by atoms with van der Waals surface area (Å²) in [4.78, 5) is 0. The van der Waals surface area contributed by atoms with Crippen molar-refractivity contribution >= 4 is 14.0 Å². The highest BCUT2D eigenvalue weighted by atomic mass is 28.4. The van der Waals surface area contributed by atoms with E-state index < -0.39 is 8.80 Å². The highest BCUT2D eigenvalue weighted by molar-refractivity contribution is 6.75. The van der Waals surface area contributed by atoms with E-state index in [9.17, 15) is 0 Å². The normalized spacial score (nSPS) is 11.6. The Kier molecular flexibility index (Phi) is 3.62. The van der Waals surface area contributed by atoms with Crippen LogP contribution in [0.1, 0.15) is 0 Å². The summed E-state index contributed by atoms with van der Waals surface area (Å²) in [5.41, 5.74) is 0. The molecule has 0 fully saturated rings. The van der Waals surface area contributed by atoms with E-state index in [-0.39, 0.29) is 0 Å². The van der Waals surface area contributed by atoms with Gasteiger partial charge in [0.1, 0.15) is 0 Å². The molecule has 0 spiro atoms. The molecule has 0 saturated carbocycles. The Balaban J connectivity index is 3.01. The molecule has 0 unspecified atom stereocenters. The molecule has 3 nitrogen and oxygen atoms in total. The summed E-state index contributed by atoms with van der Waals surface area (Å²) in [6.45, 7) is 0. The quantitative estimate of drug-likeness (QED) is 0.669. The fourth-order valence-corrected chi connectivity index (χ4v) is 3.05. The highest BCUT2D eigenvalue weighted by Gasteiger charge is 2.40. The van der Waals surface area contributed by atoms with Crippen LogP contribution in [0, 0.1) is 0 Å². The van der Waals surface area contributed by atoms with Gasteiger partial charge in [0.15, 0.2) is 0 Å². The maximum Gasteiger partial charge on any atom is 0.536 e. The Bertz CT molecular complexity index is 238. The van der Waals surface area contributed by atoms with Gasteiger partial charge >= 0.3 is 8.80 Å². The Morgan fingerprint density at radius 1 is 0.846 bits per heavy atom. The van der Waals surface area contributed by atoms with Crippen LogP contribution in [0.4, 0.5) is 0 Å². The molecule has 0 bridgehead atoms. The van der Waals surface area contributed by atoms with Crippen LogP contribution in [0.3, 0.4) is 0 Å². The summed E-state index contributed by atoms with van der Waals surface area (Å²) >= 11 is 0. The highest BCUT2D eigenvalue weighted by Crippen LogP contribution is 2.05. The summed E-state index contributed by atoms with van der Waals surface area (Å²) in [6.07, 6.45) is 0. The molecule has 13 heavy (non-hydrogen) atoms. The second-order valence-corrected chi connectivity index (χ2v) is 5.45. The summed E-state index contributed by atoms with van der Waals surface area (Å²) < 4.78 is 16.0. The van der Waals surface area contributed by atoms with Gasteiger partial charge in [-0.1, -0.05) is 30.3 Å². The van der Waals surface area contributed by atoms with Crippen molar-refractivity contribution in [2.45, 2.75) is 0 Å². The van der Waals surface area contributed by atoms with Gasteiger partial charge in [0.25, 0.3) is 0 Å². The number of hydrogen-bond acceptors (Lipinski definition) is 3. The van der Waals surface area contributed by atoms with Crippen LogP contribution in [-0.4, -0.2) is 30.1 Å². The van der Waals surface area contributed by atoms with Crippen molar-refractivity contribution in [3.05, 3.63) is 30.3 Å². The van der Waals surface area contributed by atoms with Gasteiger partial charge in [-0.05, 0) is 0 Å². The second kappa shape index (κ2) is 4.52. The summed E-state index contributed by atoms with van der Waals surface area (Å²) in [5.74, 6) is 0. The Morgan fingerprint density at radius 3 is 1.69 bits per heavy atom. The van der Waals surface area contributed by atoms with Gasteiger partial charge in [-0.25, -0.2) is 0 Å². The van der Waals surface area contributed by atoms with Crippen molar-refractivity contribution in [3.8, 4) is 0 Å². The minimum atomic E-state index is -2.59. The lowest BCUT2D eigenvalue weighted by Crippen LogP contribution is -2.54. The molecule has 0 aliphatic rings. The lowest BCUT2D eigenvalue weighted by molar-refractivity contribution is 0.140. The van der Waals surface area contributed by atoms with Crippen LogP contribution in [-0.2, 0) is 13.3 Å². The second-order valence-electron chi connectivity index (χ2n) is 2.53. The van der Waals surface area contributed by atoms with E-state index in [1.165, 1.54) is 0 Å². The first kappa shape index (κ1) is 10.4. The Hall–Kier alpha value is -0.683. The largest absolute Gasteiger partial charge is 0.536 e. The average Bonchev–Trinajstić information content (AvgIpc) is 2.23. The topological polar surface area (TPSA) is 27.7 Å². The van der Waals surface area contributed by atoms with E-state index in [1.807, 2.05) is 30.3 Å². The van der Waals surface area contributed by atoms with Gasteiger partial charge < -0.3 is 13.3 Å². The lowest BCUT2D eigenvalue weighted by Gasteiger charge is -2.24. The number of hydrogen-bond donors (Lipinski definition) is 0. The molecule has 0 radical (unpaired) electrons. The molecule has 0 aromatic heterocycles. The van der Waals surface area contributed by atoms with E-state index in [0.29, 0.717) is 0 Å². The number of rotatable bonds is 4. The molecule has 0 amide bonds. The van der Waals surface area contributed by atoms with Crippen LogP contribution in [0.2, 0.25) is 0 Å². The third-order valence-corrected chi connectivity index (χ3v) is 4.59. The molecule has 0 heterocycles. The van der Waals surface area contributed by atoms with Crippen LogP contribution in [0.15, 0.2) is 30.3 Å². The zero-order valence-electron chi connectivity index (χ0n) is 8.11. The maximum absolute atomic E-state index is 5.32. The molecule has 0 aliphatic carbocycles. The molecule has 72 valence electrons. The van der Waals surface area contributed by atoms with Crippen molar-refractivity contribution in [3.63, 3.8) is 0 Å². The lowest BCUT2D eigenvalue weighted by atomic mass is 10.4. The SMILES string of the molecule is CO[Si](OC)(OC)c1ccccc1. The van der Waals surface area contributed by atoms with E-state index >= 15 is 0 Å². The molecule has 1 aromatic carbocycles. The number of benzene rings is 1. The molecule has 0 saturated heterocycles. The first-order valence-corrected chi connectivity index (χ1v) is 5.72. The van der Waals surface area contributed by atoms with Crippen LogP contribution in [0.5, 0.6) is 0 Å². The monoisotopic (exact) mass is 198 g/mol. The molecular formula is C9H14O3Si. The van der Waals surface area contributed by atoms with Gasteiger partial charge in [-0.2, -0.15) is 0 Å². The van der Waals surface area contributed by atoms with Gasteiger partial charge in [0, 0.05) is 26.5 Å². The van der Waals surface area contributed by atoms with Crippen LogP contribution < -0.4 is 5.19 Å². The minimum Gasteiger partial charge on any atom is -0.373 e. The molecule has 0 N–H and O–H groups in total.